The van der Waals surface area contributed by atoms with Gasteiger partial charge in [0.2, 0.25) is 4.77 Å². The second kappa shape index (κ2) is 7.92. The molecule has 140 valence electrons. The van der Waals surface area contributed by atoms with E-state index in [1.165, 1.54) is 50.0 Å². The molecule has 6 heteroatoms. The summed E-state index contributed by atoms with van der Waals surface area (Å²) in [5, 5.41) is 4.87. The van der Waals surface area contributed by atoms with E-state index in [1.807, 2.05) is 6.92 Å². The first kappa shape index (κ1) is 17.7. The van der Waals surface area contributed by atoms with Crippen molar-refractivity contribution in [1.82, 2.24) is 14.3 Å². The van der Waals surface area contributed by atoms with Gasteiger partial charge in [0, 0.05) is 31.4 Å². The van der Waals surface area contributed by atoms with Crippen molar-refractivity contribution < 1.29 is 9.64 Å². The number of nitrogens with zero attached hydrogens (tertiary/aromatic N) is 3. The summed E-state index contributed by atoms with van der Waals surface area (Å²) in [6.07, 6.45) is 7.29. The highest BCUT2D eigenvalue weighted by Gasteiger charge is 2.31. The molecule has 2 aliphatic rings. The molecule has 2 aromatic rings. The van der Waals surface area contributed by atoms with E-state index in [0.717, 1.165) is 30.2 Å². The number of aryl methyl sites for hydroxylation is 1. The van der Waals surface area contributed by atoms with Crippen molar-refractivity contribution in [3.05, 3.63) is 40.4 Å². The molecule has 1 N–H and O–H groups in total. The Balaban J connectivity index is 1.51. The van der Waals surface area contributed by atoms with E-state index in [9.17, 15) is 0 Å². The first-order chi connectivity index (χ1) is 12.8. The van der Waals surface area contributed by atoms with E-state index in [-0.39, 0.29) is 0 Å². The van der Waals surface area contributed by atoms with Gasteiger partial charge >= 0.3 is 0 Å². The number of hydrogen-bond acceptors (Lipinski definition) is 3. The summed E-state index contributed by atoms with van der Waals surface area (Å²) in [6, 6.07) is 9.16. The van der Waals surface area contributed by atoms with Crippen molar-refractivity contribution in [2.45, 2.75) is 64.7 Å². The molecule has 0 amide bonds. The fourth-order valence-electron chi connectivity index (χ4n) is 4.39. The molecule has 5 nitrogen and oxygen atoms in total. The van der Waals surface area contributed by atoms with Crippen LogP contribution in [-0.2, 0) is 19.6 Å². The van der Waals surface area contributed by atoms with Crippen molar-refractivity contribution in [2.24, 2.45) is 0 Å². The van der Waals surface area contributed by atoms with Crippen LogP contribution in [0.5, 0.6) is 5.75 Å². The number of ether oxygens (including phenoxy) is 1. The van der Waals surface area contributed by atoms with E-state index in [0.29, 0.717) is 12.6 Å². The predicted molar refractivity (Wildman–Crippen MR) is 104 cm³/mol. The summed E-state index contributed by atoms with van der Waals surface area (Å²) in [5.41, 5.74) is 1.40. The van der Waals surface area contributed by atoms with Gasteiger partial charge in [-0.25, -0.2) is 0 Å². The zero-order chi connectivity index (χ0) is 17.9. The normalized spacial score (nSPS) is 22.8. The fraction of sp³-hybridized carbons (Fsp3) is 0.600. The van der Waals surface area contributed by atoms with E-state index < -0.39 is 0 Å². The Morgan fingerprint density at radius 1 is 1.19 bits per heavy atom. The van der Waals surface area contributed by atoms with Gasteiger partial charge in [0.25, 0.3) is 0 Å². The smallest absolute Gasteiger partial charge is 0.202 e. The van der Waals surface area contributed by atoms with Crippen LogP contribution in [0.2, 0.25) is 0 Å². The zero-order valence-electron chi connectivity index (χ0n) is 15.6. The molecule has 1 unspecified atom stereocenters. The van der Waals surface area contributed by atoms with Gasteiger partial charge in [-0.1, -0.05) is 6.42 Å². The Kier molecular flexibility index (Phi) is 5.41. The molecule has 1 fully saturated rings. The van der Waals surface area contributed by atoms with Gasteiger partial charge < -0.3 is 14.2 Å². The number of fused-ring (bicyclic) bond motifs is 1. The molecule has 2 aliphatic heterocycles. The number of rotatable bonds is 5. The van der Waals surface area contributed by atoms with Gasteiger partial charge in [-0.05, 0) is 56.2 Å². The lowest BCUT2D eigenvalue weighted by molar-refractivity contribution is -0.941. The maximum Gasteiger partial charge on any atom is 0.202 e. The van der Waals surface area contributed by atoms with E-state index in [4.69, 9.17) is 22.1 Å². The third kappa shape index (κ3) is 3.58. The Hall–Kier alpha value is -1.66. The van der Waals surface area contributed by atoms with E-state index in [2.05, 4.69) is 33.5 Å². The van der Waals surface area contributed by atoms with Gasteiger partial charge in [-0.2, -0.15) is 9.78 Å². The minimum atomic E-state index is 0.522. The summed E-state index contributed by atoms with van der Waals surface area (Å²) in [7, 11) is 0. The van der Waals surface area contributed by atoms with Crippen molar-refractivity contribution in [1.29, 1.82) is 0 Å². The van der Waals surface area contributed by atoms with Crippen LogP contribution in [0, 0.1) is 4.77 Å². The molecule has 0 saturated carbocycles. The molecule has 1 aromatic heterocycles. The molecule has 1 saturated heterocycles. The van der Waals surface area contributed by atoms with Gasteiger partial charge in [0.15, 0.2) is 6.67 Å². The quantitative estimate of drug-likeness (QED) is 0.819. The van der Waals surface area contributed by atoms with Crippen molar-refractivity contribution in [3.8, 4) is 5.75 Å². The summed E-state index contributed by atoms with van der Waals surface area (Å²) in [6.45, 7) is 5.82. The first-order valence-electron chi connectivity index (χ1n) is 10.00. The fourth-order valence-corrected chi connectivity index (χ4v) is 4.69. The Morgan fingerprint density at radius 3 is 2.85 bits per heavy atom. The number of hydrogen-bond donors (Lipinski definition) is 1. The summed E-state index contributed by atoms with van der Waals surface area (Å²) >= 11 is 5.74. The standard InChI is InChI=1S/C20H28N4OS/c1-2-25-17-11-9-16(10-12-17)18-7-6-13-22(18)15-24-20(26)23-14-5-3-4-8-19(23)21-24/h9-12,18H,2-8,13-15H2,1H3/p+1/t18-/m0/s1. The largest absolute Gasteiger partial charge is 0.494 e. The highest BCUT2D eigenvalue weighted by molar-refractivity contribution is 7.71. The Bertz CT molecular complexity index is 795. The van der Waals surface area contributed by atoms with Crippen LogP contribution in [0.3, 0.4) is 0 Å². The Labute approximate surface area is 160 Å². The van der Waals surface area contributed by atoms with E-state index >= 15 is 0 Å². The monoisotopic (exact) mass is 373 g/mol. The van der Waals surface area contributed by atoms with Crippen LogP contribution >= 0.6 is 12.2 Å². The van der Waals surface area contributed by atoms with Crippen LogP contribution in [-0.4, -0.2) is 27.5 Å². The second-order valence-corrected chi connectivity index (χ2v) is 7.79. The lowest BCUT2D eigenvalue weighted by atomic mass is 10.0. The van der Waals surface area contributed by atoms with Gasteiger partial charge in [0.05, 0.1) is 13.2 Å². The molecule has 26 heavy (non-hydrogen) atoms. The lowest BCUT2D eigenvalue weighted by Gasteiger charge is -2.21. The predicted octanol–water partition coefficient (Wildman–Crippen LogP) is 2.92. The van der Waals surface area contributed by atoms with Crippen molar-refractivity contribution in [3.63, 3.8) is 0 Å². The third-order valence-electron chi connectivity index (χ3n) is 5.71. The molecule has 0 spiro atoms. The van der Waals surface area contributed by atoms with E-state index in [1.54, 1.807) is 4.90 Å². The van der Waals surface area contributed by atoms with Gasteiger partial charge in [-0.15, -0.1) is 0 Å². The highest BCUT2D eigenvalue weighted by atomic mass is 32.1. The number of quaternary nitrogens is 1. The Morgan fingerprint density at radius 2 is 2.04 bits per heavy atom. The molecular formula is C20H29N4OS+. The summed E-state index contributed by atoms with van der Waals surface area (Å²) in [4.78, 5) is 1.57. The second-order valence-electron chi connectivity index (χ2n) is 7.42. The maximum absolute atomic E-state index is 5.74. The minimum Gasteiger partial charge on any atom is -0.494 e. The summed E-state index contributed by atoms with van der Waals surface area (Å²) < 4.78 is 10.8. The molecule has 2 atom stereocenters. The topological polar surface area (TPSA) is 36.4 Å². The first-order valence-corrected chi connectivity index (χ1v) is 10.4. The highest BCUT2D eigenvalue weighted by Crippen LogP contribution is 2.22. The van der Waals surface area contributed by atoms with Crippen LogP contribution < -0.4 is 9.64 Å². The molecule has 4 rings (SSSR count). The number of nitrogens with one attached hydrogen (secondary N) is 1. The number of likely N-dealkylation sites (tertiary alicyclic amines) is 1. The van der Waals surface area contributed by atoms with Crippen LogP contribution in [0.4, 0.5) is 0 Å². The average Bonchev–Trinajstić information content (AvgIpc) is 3.13. The summed E-state index contributed by atoms with van der Waals surface area (Å²) in [5.74, 6) is 2.14. The number of aromatic nitrogens is 3. The van der Waals surface area contributed by atoms with Crippen LogP contribution in [0.25, 0.3) is 0 Å². The number of benzene rings is 1. The molecule has 0 bridgehead atoms. The minimum absolute atomic E-state index is 0.522. The van der Waals surface area contributed by atoms with Crippen LogP contribution in [0.15, 0.2) is 24.3 Å². The maximum atomic E-state index is 5.74. The van der Waals surface area contributed by atoms with Crippen molar-refractivity contribution >= 4 is 12.2 Å². The molecular weight excluding hydrogens is 344 g/mol. The van der Waals surface area contributed by atoms with Crippen LogP contribution in [0.1, 0.15) is 56.5 Å². The third-order valence-corrected chi connectivity index (χ3v) is 6.14. The lowest BCUT2D eigenvalue weighted by Crippen LogP contribution is -3.09. The molecule has 0 aliphatic carbocycles. The molecule has 0 radical (unpaired) electrons. The van der Waals surface area contributed by atoms with Gasteiger partial charge in [0.1, 0.15) is 17.6 Å². The van der Waals surface area contributed by atoms with Gasteiger partial charge in [-0.3, -0.25) is 0 Å². The average molecular weight is 374 g/mol. The molecule has 3 heterocycles. The molecule has 1 aromatic carbocycles. The zero-order valence-corrected chi connectivity index (χ0v) is 16.4. The SMILES string of the molecule is CCOc1ccc([C@@H]2CCC[NH+]2Cn2nc3n(c2=S)CCCCC3)cc1. The van der Waals surface area contributed by atoms with Crippen molar-refractivity contribution in [2.75, 3.05) is 13.2 Å².